The van der Waals surface area contributed by atoms with Crippen LogP contribution in [0.25, 0.3) is 0 Å². The maximum absolute atomic E-state index is 13.1. The van der Waals surface area contributed by atoms with Gasteiger partial charge in [0.25, 0.3) is 0 Å². The topological polar surface area (TPSA) is 57.9 Å². The first kappa shape index (κ1) is 17.6. The zero-order valence-corrected chi connectivity index (χ0v) is 13.0. The lowest BCUT2D eigenvalue weighted by molar-refractivity contribution is -0.137. The van der Waals surface area contributed by atoms with Gasteiger partial charge in [0.15, 0.2) is 0 Å². The lowest BCUT2D eigenvalue weighted by atomic mass is 10.1. The molecule has 1 heterocycles. The largest absolute Gasteiger partial charge is 0.478 e. The summed E-state index contributed by atoms with van der Waals surface area (Å²) in [4.78, 5) is 4.10. The number of benzene rings is 1. The monoisotopic (exact) mass is 335 g/mol. The van der Waals surface area contributed by atoms with Crippen molar-refractivity contribution in [1.29, 1.82) is 5.26 Å². The van der Waals surface area contributed by atoms with Crippen molar-refractivity contribution in [3.8, 4) is 11.9 Å². The molecular weight excluding hydrogens is 319 g/mol. The molecule has 2 rings (SSSR count). The number of ether oxygens (including phenoxy) is 1. The molecule has 0 spiro atoms. The Bertz CT molecular complexity index is 721. The molecule has 1 aromatic heterocycles. The summed E-state index contributed by atoms with van der Waals surface area (Å²) in [6.45, 7) is 2.72. The Morgan fingerprint density at radius 1 is 1.25 bits per heavy atom. The third kappa shape index (κ3) is 4.62. The Labute approximate surface area is 137 Å². The number of anilines is 1. The molecule has 0 saturated carbocycles. The van der Waals surface area contributed by atoms with Gasteiger partial charge >= 0.3 is 6.18 Å². The van der Waals surface area contributed by atoms with Gasteiger partial charge in [-0.05, 0) is 30.2 Å². The number of hydrogen-bond donors (Lipinski definition) is 1. The van der Waals surface area contributed by atoms with Crippen LogP contribution in [0.3, 0.4) is 0 Å². The molecule has 1 aromatic carbocycles. The molecule has 7 heteroatoms. The number of nitrogens with one attached hydrogen (secondary N) is 1. The Balaban J connectivity index is 2.10. The van der Waals surface area contributed by atoms with Gasteiger partial charge < -0.3 is 10.1 Å². The summed E-state index contributed by atoms with van der Waals surface area (Å²) in [5.41, 5.74) is -0.256. The van der Waals surface area contributed by atoms with Gasteiger partial charge in [-0.2, -0.15) is 18.4 Å². The minimum Gasteiger partial charge on any atom is -0.478 e. The summed E-state index contributed by atoms with van der Waals surface area (Å²) in [6.07, 6.45) is -2.12. The number of rotatable bonds is 6. The van der Waals surface area contributed by atoms with E-state index in [0.717, 1.165) is 18.1 Å². The first-order valence-corrected chi connectivity index (χ1v) is 7.37. The third-order valence-corrected chi connectivity index (χ3v) is 3.19. The fourth-order valence-electron chi connectivity index (χ4n) is 2.01. The van der Waals surface area contributed by atoms with Crippen LogP contribution in [0.4, 0.5) is 18.9 Å². The zero-order valence-electron chi connectivity index (χ0n) is 13.0. The first-order valence-electron chi connectivity index (χ1n) is 7.37. The van der Waals surface area contributed by atoms with Gasteiger partial charge in [0, 0.05) is 24.5 Å². The number of aromatic nitrogens is 1. The summed E-state index contributed by atoms with van der Waals surface area (Å²) in [5, 5.41) is 11.5. The van der Waals surface area contributed by atoms with Gasteiger partial charge in [-0.25, -0.2) is 4.98 Å². The van der Waals surface area contributed by atoms with E-state index in [9.17, 15) is 13.2 Å². The van der Waals surface area contributed by atoms with Crippen molar-refractivity contribution >= 4 is 5.69 Å². The highest BCUT2D eigenvalue weighted by Gasteiger charge is 2.33. The average Bonchev–Trinajstić information content (AvgIpc) is 2.58. The van der Waals surface area contributed by atoms with Crippen LogP contribution in [0.15, 0.2) is 36.5 Å². The second-order valence-corrected chi connectivity index (χ2v) is 5.08. The Morgan fingerprint density at radius 3 is 2.62 bits per heavy atom. The lowest BCUT2D eigenvalue weighted by Crippen LogP contribution is -2.11. The molecule has 4 nitrogen and oxygen atoms in total. The minimum atomic E-state index is -4.54. The van der Waals surface area contributed by atoms with Crippen molar-refractivity contribution < 1.29 is 17.9 Å². The molecule has 0 fully saturated rings. The normalized spacial score (nSPS) is 11.0. The van der Waals surface area contributed by atoms with Gasteiger partial charge in [0.1, 0.15) is 0 Å². The molecular formula is C17H16F3N3O. The summed E-state index contributed by atoms with van der Waals surface area (Å²) in [6, 6.07) is 8.56. The lowest BCUT2D eigenvalue weighted by Gasteiger charge is -2.15. The van der Waals surface area contributed by atoms with E-state index in [2.05, 4.69) is 10.3 Å². The van der Waals surface area contributed by atoms with Crippen molar-refractivity contribution in [2.75, 3.05) is 11.9 Å². The molecule has 1 N–H and O–H groups in total. The molecule has 0 amide bonds. The van der Waals surface area contributed by atoms with Crippen molar-refractivity contribution in [3.05, 3.63) is 53.2 Å². The molecule has 126 valence electrons. The molecule has 0 bridgehead atoms. The number of nitrogens with zero attached hydrogens (tertiary/aromatic N) is 2. The van der Waals surface area contributed by atoms with E-state index in [1.165, 1.54) is 12.1 Å². The van der Waals surface area contributed by atoms with Crippen molar-refractivity contribution in [2.45, 2.75) is 26.1 Å². The second kappa shape index (κ2) is 7.68. The summed E-state index contributed by atoms with van der Waals surface area (Å²) < 4.78 is 44.6. The van der Waals surface area contributed by atoms with E-state index in [0.29, 0.717) is 12.5 Å². The van der Waals surface area contributed by atoms with Crippen LogP contribution < -0.4 is 10.1 Å². The maximum atomic E-state index is 13.1. The number of halogens is 3. The van der Waals surface area contributed by atoms with E-state index in [1.54, 1.807) is 24.4 Å². The number of nitriles is 1. The molecule has 0 atom stereocenters. The Morgan fingerprint density at radius 2 is 2.04 bits per heavy atom. The van der Waals surface area contributed by atoms with E-state index >= 15 is 0 Å². The summed E-state index contributed by atoms with van der Waals surface area (Å²) in [7, 11) is 0. The SMILES string of the molecule is CCCOc1ccc(CNc2ccc(C#N)cc2C(F)(F)F)cn1. The van der Waals surface area contributed by atoms with Crippen molar-refractivity contribution in [3.63, 3.8) is 0 Å². The Hall–Kier alpha value is -2.75. The molecule has 2 aromatic rings. The van der Waals surface area contributed by atoms with Crippen LogP contribution in [0.1, 0.15) is 30.0 Å². The van der Waals surface area contributed by atoms with Crippen LogP contribution in [-0.4, -0.2) is 11.6 Å². The molecule has 0 saturated heterocycles. The van der Waals surface area contributed by atoms with Crippen LogP contribution >= 0.6 is 0 Å². The predicted octanol–water partition coefficient (Wildman–Crippen LogP) is 4.37. The van der Waals surface area contributed by atoms with Gasteiger partial charge in [0.2, 0.25) is 5.88 Å². The van der Waals surface area contributed by atoms with E-state index in [4.69, 9.17) is 10.00 Å². The fourth-order valence-corrected chi connectivity index (χ4v) is 2.01. The average molecular weight is 335 g/mol. The second-order valence-electron chi connectivity index (χ2n) is 5.08. The van der Waals surface area contributed by atoms with E-state index in [-0.39, 0.29) is 17.8 Å². The summed E-state index contributed by atoms with van der Waals surface area (Å²) in [5.74, 6) is 0.481. The first-order chi connectivity index (χ1) is 11.4. The van der Waals surface area contributed by atoms with Crippen molar-refractivity contribution in [2.24, 2.45) is 0 Å². The van der Waals surface area contributed by atoms with Gasteiger partial charge in [-0.3, -0.25) is 0 Å². The maximum Gasteiger partial charge on any atom is 0.418 e. The fraction of sp³-hybridized carbons (Fsp3) is 0.294. The third-order valence-electron chi connectivity index (χ3n) is 3.19. The predicted molar refractivity (Wildman–Crippen MR) is 83.5 cm³/mol. The van der Waals surface area contributed by atoms with Crippen LogP contribution in [0, 0.1) is 11.3 Å². The standard InChI is InChI=1S/C17H16F3N3O/c1-2-7-24-16-6-4-13(11-23-16)10-22-15-5-3-12(9-21)8-14(15)17(18,19)20/h3-6,8,11,22H,2,7,10H2,1H3. The number of hydrogen-bond acceptors (Lipinski definition) is 4. The molecule has 24 heavy (non-hydrogen) atoms. The molecule has 0 unspecified atom stereocenters. The van der Waals surface area contributed by atoms with Crippen LogP contribution in [-0.2, 0) is 12.7 Å². The smallest absolute Gasteiger partial charge is 0.418 e. The molecule has 0 aliphatic heterocycles. The highest BCUT2D eigenvalue weighted by Crippen LogP contribution is 2.35. The number of pyridine rings is 1. The van der Waals surface area contributed by atoms with E-state index in [1.807, 2.05) is 6.92 Å². The summed E-state index contributed by atoms with van der Waals surface area (Å²) >= 11 is 0. The Kier molecular flexibility index (Phi) is 5.64. The van der Waals surface area contributed by atoms with Gasteiger partial charge in [-0.1, -0.05) is 13.0 Å². The van der Waals surface area contributed by atoms with Gasteiger partial charge in [0.05, 0.1) is 23.8 Å². The van der Waals surface area contributed by atoms with Gasteiger partial charge in [-0.15, -0.1) is 0 Å². The minimum absolute atomic E-state index is 0.0352. The highest BCUT2D eigenvalue weighted by molar-refractivity contribution is 5.56. The highest BCUT2D eigenvalue weighted by atomic mass is 19.4. The quantitative estimate of drug-likeness (QED) is 0.851. The molecule has 0 aliphatic carbocycles. The zero-order chi connectivity index (χ0) is 17.6. The van der Waals surface area contributed by atoms with Crippen LogP contribution in [0.2, 0.25) is 0 Å². The van der Waals surface area contributed by atoms with Crippen molar-refractivity contribution in [1.82, 2.24) is 4.98 Å². The van der Waals surface area contributed by atoms with Crippen LogP contribution in [0.5, 0.6) is 5.88 Å². The molecule has 0 radical (unpaired) electrons. The van der Waals surface area contributed by atoms with E-state index < -0.39 is 11.7 Å². The number of alkyl halides is 3. The molecule has 0 aliphatic rings.